The second-order valence-corrected chi connectivity index (χ2v) is 7.58. The predicted molar refractivity (Wildman–Crippen MR) is 92.7 cm³/mol. The summed E-state index contributed by atoms with van der Waals surface area (Å²) < 4.78 is 29.9. The van der Waals surface area contributed by atoms with Crippen molar-refractivity contribution < 1.29 is 18.3 Å². The molecule has 1 saturated carbocycles. The van der Waals surface area contributed by atoms with Gasteiger partial charge in [0, 0.05) is 12.5 Å². The number of nitriles is 1. The Balaban J connectivity index is 1.80. The Morgan fingerprint density at radius 2 is 2.11 bits per heavy atom. The molecular formula is C19H20F2N4O2. The van der Waals surface area contributed by atoms with Crippen LogP contribution in [0.2, 0.25) is 0 Å². The Bertz CT molecular complexity index is 871. The summed E-state index contributed by atoms with van der Waals surface area (Å²) in [6, 6.07) is 7.43. The number of fused-ring (bicyclic) bond motifs is 3. The number of halogens is 2. The van der Waals surface area contributed by atoms with E-state index in [4.69, 9.17) is 10.5 Å². The summed E-state index contributed by atoms with van der Waals surface area (Å²) in [6.07, 6.45) is 1.98. The van der Waals surface area contributed by atoms with Gasteiger partial charge in [0.15, 0.2) is 11.5 Å². The number of carbonyl (C=O) groups excluding carboxylic acids is 1. The summed E-state index contributed by atoms with van der Waals surface area (Å²) in [5.41, 5.74) is 6.40. The van der Waals surface area contributed by atoms with Gasteiger partial charge in [-0.2, -0.15) is 14.0 Å². The van der Waals surface area contributed by atoms with Crippen LogP contribution in [0.15, 0.2) is 23.2 Å². The summed E-state index contributed by atoms with van der Waals surface area (Å²) in [5.74, 6) is -0.0809. The summed E-state index contributed by atoms with van der Waals surface area (Å²) in [6.45, 7) is -2.80. The normalized spacial score (nSPS) is 32.3. The van der Waals surface area contributed by atoms with Crippen LogP contribution in [-0.4, -0.2) is 36.5 Å². The summed E-state index contributed by atoms with van der Waals surface area (Å²) in [4.78, 5) is 19.3. The second-order valence-electron chi connectivity index (χ2n) is 7.58. The van der Waals surface area contributed by atoms with Gasteiger partial charge in [0.25, 0.3) is 5.91 Å². The quantitative estimate of drug-likeness (QED) is 0.860. The fourth-order valence-electron chi connectivity index (χ4n) is 5.04. The van der Waals surface area contributed by atoms with Gasteiger partial charge in [-0.3, -0.25) is 9.69 Å². The molecule has 8 heteroatoms. The molecule has 1 fully saturated rings. The highest BCUT2D eigenvalue weighted by atomic mass is 19.3. The first-order chi connectivity index (χ1) is 12.8. The van der Waals surface area contributed by atoms with Crippen molar-refractivity contribution in [3.05, 3.63) is 34.9 Å². The number of alkyl halides is 2. The highest BCUT2D eigenvalue weighted by Crippen LogP contribution is 2.61. The van der Waals surface area contributed by atoms with Crippen LogP contribution in [0, 0.1) is 16.7 Å². The number of amides is 1. The number of ether oxygens (including phenoxy) is 1. The Morgan fingerprint density at radius 1 is 1.41 bits per heavy atom. The minimum atomic E-state index is -2.80. The third-order valence-electron chi connectivity index (χ3n) is 6.35. The molecule has 4 rings (SSSR count). The first kappa shape index (κ1) is 17.9. The van der Waals surface area contributed by atoms with Crippen LogP contribution >= 0.6 is 0 Å². The maximum Gasteiger partial charge on any atom is 0.345 e. The average Bonchev–Trinajstić information content (AvgIpc) is 3.04. The van der Waals surface area contributed by atoms with Gasteiger partial charge in [-0.25, -0.2) is 4.99 Å². The molecule has 2 N–H and O–H groups in total. The van der Waals surface area contributed by atoms with Crippen molar-refractivity contribution in [2.24, 2.45) is 16.1 Å². The van der Waals surface area contributed by atoms with Crippen molar-refractivity contribution in [1.29, 1.82) is 5.26 Å². The van der Waals surface area contributed by atoms with E-state index in [1.807, 2.05) is 6.07 Å². The van der Waals surface area contributed by atoms with Crippen LogP contribution in [0.5, 0.6) is 0 Å². The zero-order valence-electron chi connectivity index (χ0n) is 14.9. The average molecular weight is 374 g/mol. The number of likely N-dealkylation sites (N-methyl/N-ethyl adjacent to an activating group) is 1. The van der Waals surface area contributed by atoms with Crippen LogP contribution in [0.4, 0.5) is 8.78 Å². The first-order valence-corrected chi connectivity index (χ1v) is 8.93. The number of benzene rings is 1. The number of aliphatic imine (C=N–C) groups is 1. The van der Waals surface area contributed by atoms with E-state index in [-0.39, 0.29) is 11.9 Å². The zero-order valence-corrected chi connectivity index (χ0v) is 14.9. The summed E-state index contributed by atoms with van der Waals surface area (Å²) >= 11 is 0. The monoisotopic (exact) mass is 374 g/mol. The standard InChI is InChI=1S/C19H20F2N4O2/c1-25-15(26)19(24-17(25)23)14-8-11(10-22)2-3-12(14)9-18(19)6-4-13(5-7-18)27-16(20)21/h2-3,8,13,16H,4-7,9H2,1H3,(H2,23,24). The number of hydrogen-bond acceptors (Lipinski definition) is 5. The van der Waals surface area contributed by atoms with Gasteiger partial charge < -0.3 is 10.5 Å². The smallest absolute Gasteiger partial charge is 0.345 e. The lowest BCUT2D eigenvalue weighted by atomic mass is 9.61. The van der Waals surface area contributed by atoms with Gasteiger partial charge in [-0.05, 0) is 55.4 Å². The van der Waals surface area contributed by atoms with Gasteiger partial charge in [-0.1, -0.05) is 6.07 Å². The van der Waals surface area contributed by atoms with Crippen LogP contribution in [0.3, 0.4) is 0 Å². The van der Waals surface area contributed by atoms with Crippen molar-refractivity contribution in [2.45, 2.75) is 50.4 Å². The Hall–Kier alpha value is -2.53. The molecular weight excluding hydrogens is 354 g/mol. The molecule has 1 aromatic rings. The molecule has 0 bridgehead atoms. The van der Waals surface area contributed by atoms with E-state index < -0.39 is 23.7 Å². The highest BCUT2D eigenvalue weighted by molar-refractivity contribution is 6.08. The number of nitrogens with zero attached hydrogens (tertiary/aromatic N) is 3. The molecule has 1 heterocycles. The molecule has 27 heavy (non-hydrogen) atoms. The van der Waals surface area contributed by atoms with E-state index in [9.17, 15) is 18.8 Å². The van der Waals surface area contributed by atoms with Crippen LogP contribution < -0.4 is 5.73 Å². The topological polar surface area (TPSA) is 91.7 Å². The molecule has 6 nitrogen and oxygen atoms in total. The number of guanidine groups is 1. The van der Waals surface area contributed by atoms with Crippen molar-refractivity contribution in [2.75, 3.05) is 7.05 Å². The number of rotatable bonds is 2. The van der Waals surface area contributed by atoms with E-state index in [0.29, 0.717) is 43.2 Å². The minimum absolute atomic E-state index is 0.139. The van der Waals surface area contributed by atoms with Gasteiger partial charge in [-0.15, -0.1) is 0 Å². The number of hydrogen-bond donors (Lipinski definition) is 1. The highest BCUT2D eigenvalue weighted by Gasteiger charge is 2.66. The maximum atomic E-state index is 13.3. The molecule has 1 aromatic carbocycles. The van der Waals surface area contributed by atoms with Crippen LogP contribution in [0.25, 0.3) is 0 Å². The lowest BCUT2D eigenvalue weighted by Gasteiger charge is -2.45. The predicted octanol–water partition coefficient (Wildman–Crippen LogP) is 2.26. The number of nitrogens with two attached hydrogens (primary N) is 1. The van der Waals surface area contributed by atoms with E-state index in [2.05, 4.69) is 11.1 Å². The molecule has 142 valence electrons. The summed E-state index contributed by atoms with van der Waals surface area (Å²) in [7, 11) is 1.58. The molecule has 1 amide bonds. The molecule has 2 aliphatic carbocycles. The van der Waals surface area contributed by atoms with E-state index in [1.165, 1.54) is 4.90 Å². The largest absolute Gasteiger partial charge is 0.369 e. The van der Waals surface area contributed by atoms with Gasteiger partial charge in [0.05, 0.1) is 17.7 Å². The zero-order chi connectivity index (χ0) is 19.4. The van der Waals surface area contributed by atoms with Gasteiger partial charge in [0.1, 0.15) is 0 Å². The molecule has 0 radical (unpaired) electrons. The maximum absolute atomic E-state index is 13.3. The number of carbonyl (C=O) groups is 1. The molecule has 3 aliphatic rings. The van der Waals surface area contributed by atoms with Crippen LogP contribution in [0.1, 0.15) is 42.4 Å². The molecule has 0 aromatic heterocycles. The van der Waals surface area contributed by atoms with Crippen LogP contribution in [-0.2, 0) is 21.5 Å². The first-order valence-electron chi connectivity index (χ1n) is 8.93. The Labute approximate surface area is 155 Å². The third kappa shape index (κ3) is 2.38. The summed E-state index contributed by atoms with van der Waals surface area (Å²) in [5, 5.41) is 9.30. The fourth-order valence-corrected chi connectivity index (χ4v) is 5.04. The van der Waals surface area contributed by atoms with Crippen molar-refractivity contribution in [1.82, 2.24) is 4.90 Å². The minimum Gasteiger partial charge on any atom is -0.369 e. The Morgan fingerprint density at radius 3 is 2.67 bits per heavy atom. The molecule has 1 unspecified atom stereocenters. The lowest BCUT2D eigenvalue weighted by molar-refractivity contribution is -0.178. The molecule has 0 saturated heterocycles. The van der Waals surface area contributed by atoms with Crippen molar-refractivity contribution >= 4 is 11.9 Å². The SMILES string of the molecule is CN1C(=O)C2(N=C1N)c1cc(C#N)ccc1CC21CCC(OC(F)F)CC1. The van der Waals surface area contributed by atoms with Gasteiger partial charge >= 0.3 is 6.61 Å². The second kappa shape index (κ2) is 5.99. The van der Waals surface area contributed by atoms with Gasteiger partial charge in [0.2, 0.25) is 0 Å². The third-order valence-corrected chi connectivity index (χ3v) is 6.35. The van der Waals surface area contributed by atoms with E-state index in [1.54, 1.807) is 19.2 Å². The Kier molecular flexibility index (Phi) is 3.96. The molecule has 1 atom stereocenters. The van der Waals surface area contributed by atoms with Crippen molar-refractivity contribution in [3.8, 4) is 6.07 Å². The molecule has 1 aliphatic heterocycles. The van der Waals surface area contributed by atoms with E-state index in [0.717, 1.165) is 5.56 Å². The fraction of sp³-hybridized carbons (Fsp3) is 0.526. The van der Waals surface area contributed by atoms with Crippen molar-refractivity contribution in [3.63, 3.8) is 0 Å². The lowest BCUT2D eigenvalue weighted by Crippen LogP contribution is -2.51. The molecule has 2 spiro atoms. The van der Waals surface area contributed by atoms with E-state index >= 15 is 0 Å².